The normalized spacial score (nSPS) is 12.4. The van der Waals surface area contributed by atoms with Crippen molar-refractivity contribution >= 4 is 28.5 Å². The number of nitrogens with zero attached hydrogens (tertiary/aromatic N) is 3. The van der Waals surface area contributed by atoms with Crippen LogP contribution in [0.1, 0.15) is 32.2 Å². The van der Waals surface area contributed by atoms with Gasteiger partial charge in [0.05, 0.1) is 11.6 Å². The van der Waals surface area contributed by atoms with Crippen LogP contribution in [-0.2, 0) is 18.4 Å². The molecule has 0 radical (unpaired) electrons. The lowest BCUT2D eigenvalue weighted by atomic mass is 10.1. The molecule has 1 unspecified atom stereocenters. The molecule has 7 nitrogen and oxygen atoms in total. The summed E-state index contributed by atoms with van der Waals surface area (Å²) in [7, 11) is 1.88. The smallest absolute Gasteiger partial charge is 0.336 e. The number of fused-ring (bicyclic) bond motifs is 1. The minimum Gasteiger partial charge on any atom is -0.479 e. The summed E-state index contributed by atoms with van der Waals surface area (Å²) in [4.78, 5) is 30.7. The van der Waals surface area contributed by atoms with Crippen molar-refractivity contribution < 1.29 is 13.9 Å². The third-order valence-electron chi connectivity index (χ3n) is 4.79. The van der Waals surface area contributed by atoms with Gasteiger partial charge in [0.25, 0.3) is 5.91 Å². The number of aromatic nitrogens is 2. The predicted octanol–water partition coefficient (Wildman–Crippen LogP) is 3.69. The van der Waals surface area contributed by atoms with Crippen LogP contribution < -0.4 is 10.4 Å². The Morgan fingerprint density at radius 2 is 2.03 bits per heavy atom. The summed E-state index contributed by atoms with van der Waals surface area (Å²) < 4.78 is 13.0. The molecular formula is C21H24ClN3O4. The Bertz CT molecular complexity index is 1100. The van der Waals surface area contributed by atoms with E-state index < -0.39 is 11.7 Å². The van der Waals surface area contributed by atoms with Crippen molar-refractivity contribution in [3.63, 3.8) is 0 Å². The first-order valence-electron chi connectivity index (χ1n) is 9.34. The zero-order valence-electron chi connectivity index (χ0n) is 17.1. The minimum absolute atomic E-state index is 0.0435. The molecule has 2 aromatic heterocycles. The van der Waals surface area contributed by atoms with E-state index in [1.54, 1.807) is 37.1 Å². The van der Waals surface area contributed by atoms with E-state index in [9.17, 15) is 9.59 Å². The number of ether oxygens (including phenoxy) is 1. The van der Waals surface area contributed by atoms with Gasteiger partial charge in [0.2, 0.25) is 0 Å². The molecule has 0 saturated heterocycles. The molecular weight excluding hydrogens is 394 g/mol. The molecule has 2 heterocycles. The molecule has 0 spiro atoms. The number of carbonyl (C=O) groups excluding carboxylic acids is 1. The van der Waals surface area contributed by atoms with E-state index in [1.807, 2.05) is 31.7 Å². The van der Waals surface area contributed by atoms with Crippen LogP contribution in [0.5, 0.6) is 5.75 Å². The first kappa shape index (κ1) is 20.9. The maximum atomic E-state index is 13.1. The molecule has 0 saturated carbocycles. The Balaban J connectivity index is 1.85. The van der Waals surface area contributed by atoms with Gasteiger partial charge in [-0.05, 0) is 39.3 Å². The van der Waals surface area contributed by atoms with Crippen LogP contribution in [0.3, 0.4) is 0 Å². The zero-order valence-corrected chi connectivity index (χ0v) is 17.9. The van der Waals surface area contributed by atoms with Crippen LogP contribution in [0.4, 0.5) is 0 Å². The monoisotopic (exact) mass is 417 g/mol. The molecule has 154 valence electrons. The minimum atomic E-state index is -0.788. The van der Waals surface area contributed by atoms with Crippen molar-refractivity contribution in [2.45, 2.75) is 46.4 Å². The molecule has 0 fully saturated rings. The lowest BCUT2D eigenvalue weighted by molar-refractivity contribution is -0.140. The van der Waals surface area contributed by atoms with Gasteiger partial charge in [-0.15, -0.1) is 0 Å². The standard InChI is InChI=1S/C21H24ClN3O4/c1-12(2)25(11-19-23-6-7-24(19)5)21(27)14(4)28-18-10-17-15(9-16(18)22)13(3)8-20(26)29-17/h6-10,12,14H,11H2,1-5H3. The zero-order chi connectivity index (χ0) is 21.3. The maximum Gasteiger partial charge on any atom is 0.336 e. The van der Waals surface area contributed by atoms with Gasteiger partial charge in [-0.2, -0.15) is 0 Å². The second kappa shape index (κ2) is 8.29. The van der Waals surface area contributed by atoms with Gasteiger partial charge in [-0.25, -0.2) is 9.78 Å². The lowest BCUT2D eigenvalue weighted by Crippen LogP contribution is -2.44. The highest BCUT2D eigenvalue weighted by molar-refractivity contribution is 6.32. The van der Waals surface area contributed by atoms with Crippen LogP contribution in [0.2, 0.25) is 5.02 Å². The largest absolute Gasteiger partial charge is 0.479 e. The van der Waals surface area contributed by atoms with Crippen molar-refractivity contribution in [1.29, 1.82) is 0 Å². The van der Waals surface area contributed by atoms with E-state index in [1.165, 1.54) is 6.07 Å². The Hall–Kier alpha value is -2.80. The van der Waals surface area contributed by atoms with Crippen molar-refractivity contribution in [2.24, 2.45) is 7.05 Å². The Morgan fingerprint density at radius 1 is 1.31 bits per heavy atom. The van der Waals surface area contributed by atoms with Gasteiger partial charge in [-0.3, -0.25) is 4.79 Å². The highest BCUT2D eigenvalue weighted by Crippen LogP contribution is 2.32. The average molecular weight is 418 g/mol. The van der Waals surface area contributed by atoms with Crippen molar-refractivity contribution in [1.82, 2.24) is 14.5 Å². The molecule has 0 N–H and O–H groups in total. The van der Waals surface area contributed by atoms with E-state index in [4.69, 9.17) is 20.8 Å². The molecule has 1 atom stereocenters. The van der Waals surface area contributed by atoms with E-state index >= 15 is 0 Å². The molecule has 0 aliphatic heterocycles. The molecule has 29 heavy (non-hydrogen) atoms. The maximum absolute atomic E-state index is 13.1. The third-order valence-corrected chi connectivity index (χ3v) is 5.09. The molecule has 8 heteroatoms. The summed E-state index contributed by atoms with van der Waals surface area (Å²) >= 11 is 6.36. The fourth-order valence-electron chi connectivity index (χ4n) is 3.10. The molecule has 3 aromatic rings. The number of halogens is 1. The fraction of sp³-hybridized carbons (Fsp3) is 0.381. The second-order valence-electron chi connectivity index (χ2n) is 7.30. The van der Waals surface area contributed by atoms with Gasteiger partial charge in [0, 0.05) is 43.0 Å². The van der Waals surface area contributed by atoms with Gasteiger partial charge < -0.3 is 18.6 Å². The predicted molar refractivity (Wildman–Crippen MR) is 111 cm³/mol. The van der Waals surface area contributed by atoms with Gasteiger partial charge in [0.1, 0.15) is 17.2 Å². The van der Waals surface area contributed by atoms with E-state index in [-0.39, 0.29) is 17.7 Å². The summed E-state index contributed by atoms with van der Waals surface area (Å²) in [6, 6.07) is 4.59. The van der Waals surface area contributed by atoms with E-state index in [0.717, 1.165) is 16.8 Å². The Morgan fingerprint density at radius 3 is 2.66 bits per heavy atom. The highest BCUT2D eigenvalue weighted by Gasteiger charge is 2.26. The van der Waals surface area contributed by atoms with Crippen molar-refractivity contribution in [3.05, 3.63) is 57.4 Å². The van der Waals surface area contributed by atoms with Crippen LogP contribution in [0, 0.1) is 6.92 Å². The number of amides is 1. The number of rotatable bonds is 6. The topological polar surface area (TPSA) is 77.6 Å². The van der Waals surface area contributed by atoms with Crippen LogP contribution in [-0.4, -0.2) is 32.5 Å². The van der Waals surface area contributed by atoms with Crippen molar-refractivity contribution in [3.8, 4) is 5.75 Å². The first-order valence-corrected chi connectivity index (χ1v) is 9.72. The first-order chi connectivity index (χ1) is 13.7. The number of aryl methyl sites for hydroxylation is 2. The number of imidazole rings is 1. The molecule has 1 aromatic carbocycles. The SMILES string of the molecule is Cc1cc(=O)oc2cc(OC(C)C(=O)N(Cc3nccn3C)C(C)C)c(Cl)cc12. The number of hydrogen-bond acceptors (Lipinski definition) is 5. The number of hydrogen-bond donors (Lipinski definition) is 0. The van der Waals surface area contributed by atoms with Crippen LogP contribution in [0.25, 0.3) is 11.0 Å². The summed E-state index contributed by atoms with van der Waals surface area (Å²) in [5.74, 6) is 0.875. The number of benzene rings is 1. The summed E-state index contributed by atoms with van der Waals surface area (Å²) in [5.41, 5.74) is 0.672. The summed E-state index contributed by atoms with van der Waals surface area (Å²) in [6.07, 6.45) is 2.75. The fourth-order valence-corrected chi connectivity index (χ4v) is 3.31. The Labute approximate surface area is 173 Å². The summed E-state index contributed by atoms with van der Waals surface area (Å²) in [6.45, 7) is 7.72. The van der Waals surface area contributed by atoms with Crippen LogP contribution in [0.15, 0.2) is 39.8 Å². The Kier molecular flexibility index (Phi) is 5.98. The van der Waals surface area contributed by atoms with E-state index in [0.29, 0.717) is 17.2 Å². The molecule has 0 bridgehead atoms. The second-order valence-corrected chi connectivity index (χ2v) is 7.71. The van der Waals surface area contributed by atoms with Crippen LogP contribution >= 0.6 is 11.6 Å². The molecule has 3 rings (SSSR count). The van der Waals surface area contributed by atoms with Gasteiger partial charge >= 0.3 is 5.63 Å². The van der Waals surface area contributed by atoms with Gasteiger partial charge in [-0.1, -0.05) is 11.6 Å². The quantitative estimate of drug-likeness (QED) is 0.571. The van der Waals surface area contributed by atoms with Crippen molar-refractivity contribution in [2.75, 3.05) is 0 Å². The van der Waals surface area contributed by atoms with Gasteiger partial charge in [0.15, 0.2) is 6.10 Å². The summed E-state index contributed by atoms with van der Waals surface area (Å²) in [5, 5.41) is 1.06. The molecule has 1 amide bonds. The molecule has 0 aliphatic rings. The number of carbonyl (C=O) groups is 1. The van der Waals surface area contributed by atoms with E-state index in [2.05, 4.69) is 4.98 Å². The molecule has 0 aliphatic carbocycles. The average Bonchev–Trinajstić information content (AvgIpc) is 3.05. The lowest BCUT2D eigenvalue weighted by Gasteiger charge is -2.29. The highest BCUT2D eigenvalue weighted by atomic mass is 35.5. The third kappa shape index (κ3) is 4.45.